The van der Waals surface area contributed by atoms with Crippen LogP contribution in [0.1, 0.15) is 58.5 Å². The van der Waals surface area contributed by atoms with Crippen LogP contribution in [0.4, 0.5) is 23.8 Å². The van der Waals surface area contributed by atoms with Gasteiger partial charge in [-0.15, -0.1) is 11.3 Å². The van der Waals surface area contributed by atoms with Gasteiger partial charge in [0.2, 0.25) is 9.84 Å². The van der Waals surface area contributed by atoms with E-state index in [9.17, 15) is 31.2 Å². The lowest BCUT2D eigenvalue weighted by Crippen LogP contribution is -2.48. The Hall–Kier alpha value is -4.41. The molecule has 4 rings (SSSR count). The highest BCUT2D eigenvalue weighted by Gasteiger charge is 2.46. The van der Waals surface area contributed by atoms with Gasteiger partial charge in [-0.1, -0.05) is 36.4 Å². The van der Waals surface area contributed by atoms with Crippen molar-refractivity contribution in [3.8, 4) is 10.6 Å². The van der Waals surface area contributed by atoms with Crippen molar-refractivity contribution < 1.29 is 40.7 Å². The Labute approximate surface area is 286 Å². The summed E-state index contributed by atoms with van der Waals surface area (Å²) in [6.45, 7) is 9.29. The molecule has 0 saturated heterocycles. The molecule has 262 valence electrons. The lowest BCUT2D eigenvalue weighted by molar-refractivity contribution is -0.153. The third kappa shape index (κ3) is 9.19. The lowest BCUT2D eigenvalue weighted by atomic mass is 10.0. The van der Waals surface area contributed by atoms with E-state index in [1.54, 1.807) is 41.5 Å². The molecule has 0 bridgehead atoms. The molecule has 16 heteroatoms. The monoisotopic (exact) mass is 719 g/mol. The maximum Gasteiger partial charge on any atom is 0.434 e. The Morgan fingerprint density at radius 3 is 2.06 bits per heavy atom. The van der Waals surface area contributed by atoms with Crippen LogP contribution in [-0.2, 0) is 41.6 Å². The molecule has 1 amide bonds. The summed E-state index contributed by atoms with van der Waals surface area (Å²) < 4.78 is 78.8. The first-order valence-corrected chi connectivity index (χ1v) is 17.2. The molecule has 3 heterocycles. The predicted octanol–water partition coefficient (Wildman–Crippen LogP) is 6.53. The molecule has 49 heavy (non-hydrogen) atoms. The third-order valence-corrected chi connectivity index (χ3v) is 9.62. The molecular weight excluding hydrogens is 684 g/mol. The van der Waals surface area contributed by atoms with E-state index in [0.29, 0.717) is 11.1 Å². The van der Waals surface area contributed by atoms with Crippen molar-refractivity contribution in [2.75, 3.05) is 11.4 Å². The third-order valence-electron chi connectivity index (χ3n) is 6.62. The molecule has 0 radical (unpaired) electrons. The van der Waals surface area contributed by atoms with Gasteiger partial charge in [-0.2, -0.15) is 13.2 Å². The van der Waals surface area contributed by atoms with Crippen LogP contribution in [0.2, 0.25) is 0 Å². The minimum absolute atomic E-state index is 0.126. The number of sulfone groups is 1. The van der Waals surface area contributed by atoms with Crippen LogP contribution < -0.4 is 10.6 Å². The predicted molar refractivity (Wildman–Crippen MR) is 177 cm³/mol. The van der Waals surface area contributed by atoms with E-state index in [2.05, 4.69) is 15.0 Å². The number of thiazole rings is 1. The zero-order chi connectivity index (χ0) is 36.4. The molecule has 3 aromatic heterocycles. The molecule has 0 fully saturated rings. The topological polar surface area (TPSA) is 155 Å². The SMILES string of the molecule is CC(C)(C)OC(=O)CN(C(=O)OC(C)(C)C)c1cccc(C(N)(Cc2ccc(-c3nc(C(F)(F)F)cs3)cc2)S(=O)(=O)c2ccccn2)n1. The number of pyridine rings is 2. The number of nitrogens with zero attached hydrogens (tertiary/aromatic N) is 4. The molecule has 2 N–H and O–H groups in total. The smallest absolute Gasteiger partial charge is 0.434 e. The molecule has 0 saturated carbocycles. The number of halogens is 3. The summed E-state index contributed by atoms with van der Waals surface area (Å²) in [7, 11) is -4.52. The highest BCUT2D eigenvalue weighted by Crippen LogP contribution is 2.36. The summed E-state index contributed by atoms with van der Waals surface area (Å²) in [5.74, 6) is -0.906. The summed E-state index contributed by atoms with van der Waals surface area (Å²) in [5.41, 5.74) is 4.58. The standard InChI is InChI=1S/C33H36F3N5O6S2/c1-30(2,3)46-27(42)19-41(29(43)47-31(4,5)6)25-11-9-10-23(39-25)32(37,49(44,45)26-12-7-8-17-38-26)18-21-13-15-22(16-14-21)28-40-24(20-48-28)33(34,35)36/h7-17,20H,18-19,37H2,1-6H3. The average molecular weight is 720 g/mol. The van der Waals surface area contributed by atoms with E-state index in [4.69, 9.17) is 15.2 Å². The highest BCUT2D eigenvalue weighted by molar-refractivity contribution is 7.92. The Morgan fingerprint density at radius 1 is 0.857 bits per heavy atom. The van der Waals surface area contributed by atoms with Gasteiger partial charge in [0, 0.05) is 23.6 Å². The van der Waals surface area contributed by atoms with Gasteiger partial charge in [0.05, 0.1) is 5.69 Å². The minimum Gasteiger partial charge on any atom is -0.459 e. The zero-order valence-corrected chi connectivity index (χ0v) is 29.2. The largest absolute Gasteiger partial charge is 0.459 e. The maximum absolute atomic E-state index is 14.3. The number of hydrogen-bond acceptors (Lipinski definition) is 11. The number of anilines is 1. The molecule has 0 aliphatic rings. The normalized spacial score (nSPS) is 13.8. The van der Waals surface area contributed by atoms with E-state index in [0.717, 1.165) is 21.6 Å². The zero-order valence-electron chi connectivity index (χ0n) is 27.6. The quantitative estimate of drug-likeness (QED) is 0.189. The number of ether oxygens (including phenoxy) is 2. The Morgan fingerprint density at radius 2 is 1.51 bits per heavy atom. The molecule has 0 aliphatic heterocycles. The summed E-state index contributed by atoms with van der Waals surface area (Å²) >= 11 is 0.818. The second kappa shape index (κ2) is 13.8. The van der Waals surface area contributed by atoms with Gasteiger partial charge in [0.15, 0.2) is 15.6 Å². The van der Waals surface area contributed by atoms with Crippen LogP contribution in [0.15, 0.2) is 77.3 Å². The fourth-order valence-corrected chi connectivity index (χ4v) is 6.90. The summed E-state index contributed by atoms with van der Waals surface area (Å²) in [5, 5.41) is 0.692. The van der Waals surface area contributed by atoms with E-state index in [1.165, 1.54) is 66.9 Å². The van der Waals surface area contributed by atoms with Crippen molar-refractivity contribution in [1.29, 1.82) is 0 Å². The molecule has 0 spiro atoms. The number of nitrogens with two attached hydrogens (primary N) is 1. The van der Waals surface area contributed by atoms with Gasteiger partial charge in [-0.3, -0.25) is 9.69 Å². The van der Waals surface area contributed by atoms with Gasteiger partial charge in [0.25, 0.3) is 0 Å². The number of esters is 1. The summed E-state index contributed by atoms with van der Waals surface area (Å²) in [6.07, 6.45) is -4.61. The first-order valence-electron chi connectivity index (χ1n) is 14.9. The molecule has 4 aromatic rings. The molecule has 11 nitrogen and oxygen atoms in total. The van der Waals surface area contributed by atoms with Crippen molar-refractivity contribution in [2.45, 2.75) is 75.2 Å². The number of carbonyl (C=O) groups is 2. The van der Waals surface area contributed by atoms with Crippen molar-refractivity contribution in [3.05, 3.63) is 89.2 Å². The molecule has 1 aromatic carbocycles. The van der Waals surface area contributed by atoms with Gasteiger partial charge < -0.3 is 15.2 Å². The first kappa shape index (κ1) is 37.4. The van der Waals surface area contributed by atoms with E-state index < -0.39 is 56.4 Å². The van der Waals surface area contributed by atoms with Gasteiger partial charge >= 0.3 is 18.2 Å². The Bertz CT molecular complexity index is 1910. The number of aromatic nitrogens is 3. The minimum atomic E-state index is -4.60. The maximum atomic E-state index is 14.3. The molecule has 0 aliphatic carbocycles. The van der Waals surface area contributed by atoms with E-state index >= 15 is 0 Å². The molecule has 1 atom stereocenters. The number of rotatable bonds is 9. The number of carbonyl (C=O) groups excluding carboxylic acids is 2. The van der Waals surface area contributed by atoms with Gasteiger partial charge in [-0.25, -0.2) is 28.2 Å². The van der Waals surface area contributed by atoms with Crippen LogP contribution in [-0.4, -0.2) is 53.2 Å². The summed E-state index contributed by atoms with van der Waals surface area (Å²) in [4.78, 5) is 37.0. The second-order valence-corrected chi connectivity index (χ2v) is 16.0. The van der Waals surface area contributed by atoms with E-state index in [-0.39, 0.29) is 28.0 Å². The van der Waals surface area contributed by atoms with Crippen LogP contribution in [0.25, 0.3) is 10.6 Å². The highest BCUT2D eigenvalue weighted by atomic mass is 32.2. The lowest BCUT2D eigenvalue weighted by Gasteiger charge is -2.31. The first-order chi connectivity index (χ1) is 22.6. The van der Waals surface area contributed by atoms with E-state index in [1.807, 2.05) is 0 Å². The summed E-state index contributed by atoms with van der Waals surface area (Å²) in [6, 6.07) is 14.6. The van der Waals surface area contributed by atoms with Crippen molar-refractivity contribution in [1.82, 2.24) is 15.0 Å². The van der Waals surface area contributed by atoms with Crippen LogP contribution in [0.5, 0.6) is 0 Å². The van der Waals surface area contributed by atoms with Crippen LogP contribution in [0.3, 0.4) is 0 Å². The molecule has 1 unspecified atom stereocenters. The van der Waals surface area contributed by atoms with Crippen molar-refractivity contribution in [2.24, 2.45) is 5.73 Å². The fourth-order valence-electron chi connectivity index (χ4n) is 4.49. The molecular formula is C33H36F3N5O6S2. The Balaban J connectivity index is 1.79. The number of hydrogen-bond donors (Lipinski definition) is 1. The van der Waals surface area contributed by atoms with Gasteiger partial charge in [-0.05, 0) is 71.4 Å². The number of benzene rings is 1. The van der Waals surface area contributed by atoms with Gasteiger partial charge in [0.1, 0.15) is 28.6 Å². The number of alkyl halides is 3. The van der Waals surface area contributed by atoms with Crippen molar-refractivity contribution in [3.63, 3.8) is 0 Å². The second-order valence-electron chi connectivity index (χ2n) is 13.0. The van der Waals surface area contributed by atoms with Crippen LogP contribution >= 0.6 is 11.3 Å². The van der Waals surface area contributed by atoms with Crippen molar-refractivity contribution >= 4 is 39.1 Å². The Kier molecular flexibility index (Phi) is 10.6. The number of amides is 1. The fraction of sp³-hybridized carbons (Fsp3) is 0.364. The average Bonchev–Trinajstić information content (AvgIpc) is 3.50. The van der Waals surface area contributed by atoms with Crippen LogP contribution in [0, 0.1) is 0 Å².